The molecule has 0 aromatic rings. The zero-order valence-electron chi connectivity index (χ0n) is 9.39. The first-order chi connectivity index (χ1) is 6.20. The van der Waals surface area contributed by atoms with E-state index in [-0.39, 0.29) is 11.6 Å². The molecule has 1 N–H and O–H groups in total. The molecule has 0 aromatic heterocycles. The number of nitrogens with one attached hydrogen (secondary N) is 1. The molecule has 0 spiro atoms. The van der Waals surface area contributed by atoms with Crippen LogP contribution in [0.2, 0.25) is 0 Å². The highest BCUT2D eigenvalue weighted by atomic mass is 16.6. The third-order valence-corrected chi connectivity index (χ3v) is 1.95. The lowest BCUT2D eigenvalue weighted by atomic mass is 9.93. The minimum atomic E-state index is -0.436. The van der Waals surface area contributed by atoms with Crippen molar-refractivity contribution in [3.05, 3.63) is 7.05 Å². The number of amides is 1. The number of nitrogens with zero attached hydrogens (tertiary/aromatic N) is 1. The smallest absolute Gasteiger partial charge is 0.408 e. The fourth-order valence-corrected chi connectivity index (χ4v) is 1.57. The lowest BCUT2D eigenvalue weighted by Crippen LogP contribution is -2.66. The number of alkyl carbamates (subject to hydrolysis) is 1. The van der Waals surface area contributed by atoms with Crippen LogP contribution in [-0.4, -0.2) is 35.2 Å². The van der Waals surface area contributed by atoms with Gasteiger partial charge in [-0.15, -0.1) is 0 Å². The Morgan fingerprint density at radius 1 is 1.50 bits per heavy atom. The summed E-state index contributed by atoms with van der Waals surface area (Å²) in [5.41, 5.74) is -0.613. The van der Waals surface area contributed by atoms with Crippen LogP contribution in [0.1, 0.15) is 27.7 Å². The third-order valence-electron chi connectivity index (χ3n) is 1.95. The molecule has 0 saturated carbocycles. The highest BCUT2D eigenvalue weighted by molar-refractivity contribution is 5.69. The van der Waals surface area contributed by atoms with Gasteiger partial charge < -0.3 is 15.0 Å². The lowest BCUT2D eigenvalue weighted by molar-refractivity contribution is 0.0296. The van der Waals surface area contributed by atoms with Gasteiger partial charge >= 0.3 is 6.09 Å². The van der Waals surface area contributed by atoms with Crippen molar-refractivity contribution < 1.29 is 9.53 Å². The van der Waals surface area contributed by atoms with E-state index < -0.39 is 5.60 Å². The Hall–Kier alpha value is -0.770. The largest absolute Gasteiger partial charge is 0.455 e. The predicted molar refractivity (Wildman–Crippen MR) is 54.7 cm³/mol. The van der Waals surface area contributed by atoms with Crippen LogP contribution >= 0.6 is 0 Å². The average molecular weight is 199 g/mol. The van der Waals surface area contributed by atoms with E-state index in [1.807, 2.05) is 32.6 Å². The topological polar surface area (TPSA) is 41.6 Å². The number of carbonyl (C=O) groups excluding carboxylic acids is 1. The van der Waals surface area contributed by atoms with Crippen molar-refractivity contribution in [3.8, 4) is 0 Å². The fourth-order valence-electron chi connectivity index (χ4n) is 1.57. The number of likely N-dealkylation sites (tertiary alicyclic amines) is 1. The molecule has 1 aliphatic rings. The minimum Gasteiger partial charge on any atom is -0.455 e. The number of carbonyl (C=O) groups is 1. The molecule has 0 atom stereocenters. The quantitative estimate of drug-likeness (QED) is 0.649. The Morgan fingerprint density at radius 2 is 2.00 bits per heavy atom. The van der Waals surface area contributed by atoms with Crippen LogP contribution in [0, 0.1) is 7.05 Å². The monoisotopic (exact) mass is 199 g/mol. The minimum absolute atomic E-state index is 0.177. The van der Waals surface area contributed by atoms with Gasteiger partial charge in [0.2, 0.25) is 0 Å². The zero-order chi connectivity index (χ0) is 11.0. The van der Waals surface area contributed by atoms with E-state index in [0.29, 0.717) is 0 Å². The van der Waals surface area contributed by atoms with Gasteiger partial charge in [0, 0.05) is 0 Å². The number of hydrogen-bond acceptors (Lipinski definition) is 3. The summed E-state index contributed by atoms with van der Waals surface area (Å²) in [6.45, 7) is 9.08. The van der Waals surface area contributed by atoms with E-state index in [1.165, 1.54) is 0 Å². The van der Waals surface area contributed by atoms with Crippen molar-refractivity contribution in [1.82, 2.24) is 10.2 Å². The maximum absolute atomic E-state index is 11.4. The Balaban J connectivity index is 2.35. The van der Waals surface area contributed by atoms with Gasteiger partial charge in [-0.25, -0.2) is 4.79 Å². The molecular weight excluding hydrogens is 180 g/mol. The molecule has 0 unspecified atom stereocenters. The molecule has 14 heavy (non-hydrogen) atoms. The second-order valence-corrected chi connectivity index (χ2v) is 5.17. The molecule has 1 amide bonds. The van der Waals surface area contributed by atoms with Gasteiger partial charge in [-0.3, -0.25) is 7.05 Å². The number of rotatable bonds is 1. The van der Waals surface area contributed by atoms with E-state index in [0.717, 1.165) is 13.1 Å². The van der Waals surface area contributed by atoms with Crippen LogP contribution in [0.4, 0.5) is 4.79 Å². The summed E-state index contributed by atoms with van der Waals surface area (Å²) >= 11 is 0. The molecule has 0 aromatic carbocycles. The van der Waals surface area contributed by atoms with Gasteiger partial charge in [-0.05, 0) is 40.8 Å². The van der Waals surface area contributed by atoms with Crippen molar-refractivity contribution in [3.63, 3.8) is 0 Å². The SMILES string of the molecule is [CH2-]N1CC(C)(NC(=O)OC(C)(C)C)C1. The zero-order valence-corrected chi connectivity index (χ0v) is 9.39. The standard InChI is InChI=1S/C10H19N2O2/c1-9(2,3)14-8(13)11-10(4)6-12(5)7-10/h5-7H2,1-4H3,(H,11,13)/q-1. The third kappa shape index (κ3) is 3.18. The molecular formula is C10H19N2O2-. The Morgan fingerprint density at radius 3 is 2.36 bits per heavy atom. The lowest BCUT2D eigenvalue weighted by Gasteiger charge is -2.51. The second-order valence-electron chi connectivity index (χ2n) is 5.17. The molecule has 1 aliphatic heterocycles. The predicted octanol–water partition coefficient (Wildman–Crippen LogP) is 1.38. The summed E-state index contributed by atoms with van der Waals surface area (Å²) in [7, 11) is 3.76. The van der Waals surface area contributed by atoms with Crippen LogP contribution in [0.15, 0.2) is 0 Å². The summed E-state index contributed by atoms with van der Waals surface area (Å²) in [5.74, 6) is 0. The first-order valence-electron chi connectivity index (χ1n) is 4.77. The number of ether oxygens (including phenoxy) is 1. The van der Waals surface area contributed by atoms with E-state index in [1.54, 1.807) is 0 Å². The summed E-state index contributed by atoms with van der Waals surface area (Å²) in [5, 5.41) is 2.84. The van der Waals surface area contributed by atoms with Gasteiger partial charge in [0.1, 0.15) is 5.60 Å². The van der Waals surface area contributed by atoms with Gasteiger partial charge in [0.25, 0.3) is 0 Å². The molecule has 0 bridgehead atoms. The molecule has 1 heterocycles. The Bertz CT molecular complexity index is 227. The van der Waals surface area contributed by atoms with Gasteiger partial charge in [-0.2, -0.15) is 0 Å². The average Bonchev–Trinajstić information content (AvgIpc) is 1.76. The van der Waals surface area contributed by atoms with E-state index in [2.05, 4.69) is 12.4 Å². The summed E-state index contributed by atoms with van der Waals surface area (Å²) in [6.07, 6.45) is -0.354. The molecule has 82 valence electrons. The van der Waals surface area contributed by atoms with Gasteiger partial charge in [0.15, 0.2) is 0 Å². The molecule has 1 fully saturated rings. The maximum atomic E-state index is 11.4. The van der Waals surface area contributed by atoms with Crippen LogP contribution in [-0.2, 0) is 4.74 Å². The Labute approximate surface area is 85.6 Å². The second kappa shape index (κ2) is 3.42. The number of hydrogen-bond donors (Lipinski definition) is 1. The van der Waals surface area contributed by atoms with E-state index >= 15 is 0 Å². The summed E-state index contributed by atoms with van der Waals surface area (Å²) in [4.78, 5) is 13.3. The van der Waals surface area contributed by atoms with Crippen molar-refractivity contribution in [2.24, 2.45) is 0 Å². The summed E-state index contributed by atoms with van der Waals surface area (Å²) < 4.78 is 5.16. The molecule has 0 aliphatic carbocycles. The van der Waals surface area contributed by atoms with E-state index in [4.69, 9.17) is 4.74 Å². The van der Waals surface area contributed by atoms with Crippen LogP contribution in [0.25, 0.3) is 0 Å². The van der Waals surface area contributed by atoms with Crippen molar-refractivity contribution in [2.75, 3.05) is 13.1 Å². The fraction of sp³-hybridized carbons (Fsp3) is 0.800. The van der Waals surface area contributed by atoms with Crippen molar-refractivity contribution in [1.29, 1.82) is 0 Å². The Kier molecular flexibility index (Phi) is 2.76. The molecule has 4 heteroatoms. The van der Waals surface area contributed by atoms with Crippen molar-refractivity contribution in [2.45, 2.75) is 38.8 Å². The first kappa shape index (κ1) is 11.3. The highest BCUT2D eigenvalue weighted by Crippen LogP contribution is 2.19. The molecule has 0 radical (unpaired) electrons. The van der Waals surface area contributed by atoms with Gasteiger partial charge in [0.05, 0.1) is 5.54 Å². The first-order valence-corrected chi connectivity index (χ1v) is 4.77. The molecule has 4 nitrogen and oxygen atoms in total. The van der Waals surface area contributed by atoms with Crippen LogP contribution in [0.3, 0.4) is 0 Å². The van der Waals surface area contributed by atoms with Gasteiger partial charge in [-0.1, -0.05) is 0 Å². The normalized spacial score (nSPS) is 21.2. The highest BCUT2D eigenvalue weighted by Gasteiger charge is 2.35. The van der Waals surface area contributed by atoms with E-state index in [9.17, 15) is 4.79 Å². The molecule has 1 rings (SSSR count). The maximum Gasteiger partial charge on any atom is 0.408 e. The van der Waals surface area contributed by atoms with Crippen LogP contribution in [0.5, 0.6) is 0 Å². The van der Waals surface area contributed by atoms with Crippen molar-refractivity contribution >= 4 is 6.09 Å². The van der Waals surface area contributed by atoms with Crippen LogP contribution < -0.4 is 5.32 Å². The molecule has 1 saturated heterocycles. The summed E-state index contributed by atoms with van der Waals surface area (Å²) in [6, 6.07) is 0.